The van der Waals surface area contributed by atoms with Crippen molar-refractivity contribution in [1.29, 1.82) is 0 Å². The van der Waals surface area contributed by atoms with E-state index in [1.807, 2.05) is 6.07 Å². The summed E-state index contributed by atoms with van der Waals surface area (Å²) in [6, 6.07) is 10.2. The van der Waals surface area contributed by atoms with Crippen molar-refractivity contribution < 1.29 is 8.42 Å². The van der Waals surface area contributed by atoms with Crippen LogP contribution >= 0.6 is 0 Å². The Hall–Kier alpha value is -2.67. The third-order valence-corrected chi connectivity index (χ3v) is 4.46. The first kappa shape index (κ1) is 13.3. The van der Waals surface area contributed by atoms with E-state index in [1.165, 1.54) is 24.8 Å². The molecular formula is C14H12N4O2S. The fourth-order valence-electron chi connectivity index (χ4n) is 2.09. The summed E-state index contributed by atoms with van der Waals surface area (Å²) in [7, 11) is -3.74. The molecule has 0 radical (unpaired) electrons. The van der Waals surface area contributed by atoms with Crippen molar-refractivity contribution in [2.24, 2.45) is 0 Å². The Kier molecular flexibility index (Phi) is 3.19. The van der Waals surface area contributed by atoms with E-state index >= 15 is 0 Å². The van der Waals surface area contributed by atoms with Crippen molar-refractivity contribution in [3.63, 3.8) is 0 Å². The molecule has 3 aromatic rings. The monoisotopic (exact) mass is 300 g/mol. The van der Waals surface area contributed by atoms with Crippen molar-refractivity contribution in [2.75, 3.05) is 10.5 Å². The van der Waals surface area contributed by atoms with Crippen LogP contribution < -0.4 is 10.5 Å². The van der Waals surface area contributed by atoms with E-state index < -0.39 is 10.0 Å². The summed E-state index contributed by atoms with van der Waals surface area (Å²) in [5.41, 5.74) is 6.72. The van der Waals surface area contributed by atoms with Crippen LogP contribution in [0, 0.1) is 0 Å². The topological polar surface area (TPSA) is 98.0 Å². The lowest BCUT2D eigenvalue weighted by atomic mass is 10.1. The maximum atomic E-state index is 12.5. The molecule has 0 aliphatic heterocycles. The summed E-state index contributed by atoms with van der Waals surface area (Å²) < 4.78 is 27.5. The number of rotatable bonds is 3. The van der Waals surface area contributed by atoms with Crippen LogP contribution in [0.4, 0.5) is 11.4 Å². The molecular weight excluding hydrogens is 288 g/mol. The summed E-state index contributed by atoms with van der Waals surface area (Å²) in [5, 5.41) is 1.27. The molecule has 3 N–H and O–H groups in total. The van der Waals surface area contributed by atoms with Gasteiger partial charge >= 0.3 is 0 Å². The molecule has 1 aromatic heterocycles. The summed E-state index contributed by atoms with van der Waals surface area (Å²) >= 11 is 0. The number of sulfonamides is 1. The number of aromatic nitrogens is 2. The zero-order valence-corrected chi connectivity index (χ0v) is 11.7. The van der Waals surface area contributed by atoms with Crippen LogP contribution in [0.1, 0.15) is 0 Å². The molecule has 106 valence electrons. The number of hydrogen-bond acceptors (Lipinski definition) is 5. The molecule has 21 heavy (non-hydrogen) atoms. The molecule has 0 bridgehead atoms. The van der Waals surface area contributed by atoms with Crippen molar-refractivity contribution in [1.82, 2.24) is 9.97 Å². The normalized spacial score (nSPS) is 11.4. The van der Waals surface area contributed by atoms with Gasteiger partial charge in [0.05, 0.1) is 23.0 Å². The third-order valence-electron chi connectivity index (χ3n) is 3.02. The van der Waals surface area contributed by atoms with Crippen molar-refractivity contribution in [3.8, 4) is 0 Å². The van der Waals surface area contributed by atoms with Gasteiger partial charge in [0.25, 0.3) is 10.0 Å². The summed E-state index contributed by atoms with van der Waals surface area (Å²) in [6.07, 6.45) is 4.12. The molecule has 0 spiro atoms. The van der Waals surface area contributed by atoms with Gasteiger partial charge in [-0.3, -0.25) is 4.72 Å². The van der Waals surface area contributed by atoms with Crippen molar-refractivity contribution in [2.45, 2.75) is 4.90 Å². The van der Waals surface area contributed by atoms with Crippen LogP contribution in [0.25, 0.3) is 10.8 Å². The Bertz CT molecular complexity index is 895. The number of hydrogen-bond donors (Lipinski definition) is 2. The maximum Gasteiger partial charge on any atom is 0.262 e. The second kappa shape index (κ2) is 5.02. The SMILES string of the molecule is Nc1ccc(S(=O)(=O)Nc2cncnc2)c2ccccc12. The molecule has 0 aliphatic rings. The summed E-state index contributed by atoms with van der Waals surface area (Å²) in [6.45, 7) is 0. The predicted octanol–water partition coefficient (Wildman–Crippen LogP) is 2.01. The molecule has 2 aromatic carbocycles. The highest BCUT2D eigenvalue weighted by atomic mass is 32.2. The van der Waals surface area contributed by atoms with E-state index in [1.54, 1.807) is 24.3 Å². The van der Waals surface area contributed by atoms with Crippen LogP contribution in [0.15, 0.2) is 60.0 Å². The molecule has 0 atom stereocenters. The Morgan fingerprint density at radius 3 is 2.33 bits per heavy atom. The lowest BCUT2D eigenvalue weighted by Crippen LogP contribution is -2.14. The smallest absolute Gasteiger partial charge is 0.262 e. The fourth-order valence-corrected chi connectivity index (χ4v) is 3.33. The zero-order chi connectivity index (χ0) is 14.9. The minimum atomic E-state index is -3.74. The van der Waals surface area contributed by atoms with Gasteiger partial charge in [0.15, 0.2) is 0 Å². The molecule has 0 unspecified atom stereocenters. The van der Waals surface area contributed by atoms with E-state index in [-0.39, 0.29) is 4.90 Å². The number of nitrogens with zero attached hydrogens (tertiary/aromatic N) is 2. The van der Waals surface area contributed by atoms with Gasteiger partial charge in [-0.05, 0) is 12.1 Å². The quantitative estimate of drug-likeness (QED) is 0.721. The van der Waals surface area contributed by atoms with Crippen LogP contribution in [-0.4, -0.2) is 18.4 Å². The molecule has 0 amide bonds. The first-order valence-electron chi connectivity index (χ1n) is 6.13. The molecule has 1 heterocycles. The molecule has 6 nitrogen and oxygen atoms in total. The van der Waals surface area contributed by atoms with E-state index in [9.17, 15) is 8.42 Å². The highest BCUT2D eigenvalue weighted by molar-refractivity contribution is 7.93. The van der Waals surface area contributed by atoms with Gasteiger partial charge in [0.1, 0.15) is 6.33 Å². The fraction of sp³-hybridized carbons (Fsp3) is 0. The second-order valence-electron chi connectivity index (χ2n) is 4.43. The van der Waals surface area contributed by atoms with Crippen LogP contribution in [0.3, 0.4) is 0 Å². The molecule has 3 rings (SSSR count). The van der Waals surface area contributed by atoms with E-state index in [2.05, 4.69) is 14.7 Å². The summed E-state index contributed by atoms with van der Waals surface area (Å²) in [5.74, 6) is 0. The number of anilines is 2. The third kappa shape index (κ3) is 2.50. The highest BCUT2D eigenvalue weighted by Crippen LogP contribution is 2.28. The van der Waals surface area contributed by atoms with Gasteiger partial charge in [-0.2, -0.15) is 0 Å². The van der Waals surface area contributed by atoms with Gasteiger partial charge in [-0.1, -0.05) is 24.3 Å². The standard InChI is InChI=1S/C14H12N4O2S/c15-13-5-6-14(12-4-2-1-3-11(12)13)21(19,20)18-10-7-16-9-17-8-10/h1-9,18H,15H2. The molecule has 0 fully saturated rings. The number of fused-ring (bicyclic) bond motifs is 1. The average molecular weight is 300 g/mol. The van der Waals surface area contributed by atoms with Crippen LogP contribution in [0.2, 0.25) is 0 Å². The predicted molar refractivity (Wildman–Crippen MR) is 81.2 cm³/mol. The largest absolute Gasteiger partial charge is 0.398 e. The Morgan fingerprint density at radius 1 is 0.952 bits per heavy atom. The van der Waals surface area contributed by atoms with Gasteiger partial charge in [-0.15, -0.1) is 0 Å². The first-order chi connectivity index (χ1) is 10.1. The number of nitrogen functional groups attached to an aromatic ring is 1. The Labute approximate surface area is 121 Å². The van der Waals surface area contributed by atoms with E-state index in [0.29, 0.717) is 22.1 Å². The molecule has 0 saturated carbocycles. The molecule has 0 saturated heterocycles. The minimum Gasteiger partial charge on any atom is -0.398 e. The van der Waals surface area contributed by atoms with E-state index in [4.69, 9.17) is 5.73 Å². The molecule has 7 heteroatoms. The average Bonchev–Trinajstić information content (AvgIpc) is 2.48. The van der Waals surface area contributed by atoms with Crippen molar-refractivity contribution >= 4 is 32.2 Å². The number of nitrogens with two attached hydrogens (primary N) is 1. The summed E-state index contributed by atoms with van der Waals surface area (Å²) in [4.78, 5) is 7.72. The maximum absolute atomic E-state index is 12.5. The van der Waals surface area contributed by atoms with Crippen LogP contribution in [-0.2, 0) is 10.0 Å². The molecule has 0 aliphatic carbocycles. The van der Waals surface area contributed by atoms with Gasteiger partial charge in [0, 0.05) is 16.5 Å². The van der Waals surface area contributed by atoms with Crippen LogP contribution in [0.5, 0.6) is 0 Å². The van der Waals surface area contributed by atoms with Gasteiger partial charge in [-0.25, -0.2) is 18.4 Å². The first-order valence-corrected chi connectivity index (χ1v) is 7.61. The van der Waals surface area contributed by atoms with Gasteiger partial charge in [0.2, 0.25) is 0 Å². The second-order valence-corrected chi connectivity index (χ2v) is 6.08. The lowest BCUT2D eigenvalue weighted by molar-refractivity contribution is 0.602. The number of nitrogens with one attached hydrogen (secondary N) is 1. The van der Waals surface area contributed by atoms with Crippen molar-refractivity contribution in [3.05, 3.63) is 55.1 Å². The Morgan fingerprint density at radius 2 is 1.62 bits per heavy atom. The lowest BCUT2D eigenvalue weighted by Gasteiger charge is -2.11. The zero-order valence-electron chi connectivity index (χ0n) is 10.9. The minimum absolute atomic E-state index is 0.163. The van der Waals surface area contributed by atoms with Gasteiger partial charge < -0.3 is 5.73 Å². The number of benzene rings is 2. The Balaban J connectivity index is 2.14. The highest BCUT2D eigenvalue weighted by Gasteiger charge is 2.18. The van der Waals surface area contributed by atoms with E-state index in [0.717, 1.165) is 0 Å².